The second kappa shape index (κ2) is 12.0. The monoisotopic (exact) mass is 440 g/mol. The summed E-state index contributed by atoms with van der Waals surface area (Å²) >= 11 is 0. The van der Waals surface area contributed by atoms with Crippen LogP contribution in [0, 0.1) is 0 Å². The van der Waals surface area contributed by atoms with Crippen molar-refractivity contribution in [1.29, 1.82) is 0 Å². The zero-order valence-electron chi connectivity index (χ0n) is 19.0. The number of esters is 1. The minimum atomic E-state index is -0.403. The van der Waals surface area contributed by atoms with Crippen LogP contribution in [-0.2, 0) is 23.8 Å². The molecule has 1 aliphatic carbocycles. The van der Waals surface area contributed by atoms with Gasteiger partial charge in [-0.25, -0.2) is 9.59 Å². The van der Waals surface area contributed by atoms with E-state index in [-0.39, 0.29) is 36.7 Å². The van der Waals surface area contributed by atoms with E-state index in [1.807, 2.05) is 6.08 Å². The summed E-state index contributed by atoms with van der Waals surface area (Å²) in [5, 5.41) is 2.96. The van der Waals surface area contributed by atoms with Gasteiger partial charge in [0.05, 0.1) is 31.4 Å². The molecule has 176 valence electrons. The topological polar surface area (TPSA) is 123 Å². The molecule has 1 saturated heterocycles. The maximum Gasteiger partial charge on any atom is 0.409 e. The van der Waals surface area contributed by atoms with Gasteiger partial charge in [-0.15, -0.1) is 0 Å². The van der Waals surface area contributed by atoms with E-state index in [1.54, 1.807) is 21.0 Å². The molecular formula is C21H36N4O6. The normalized spacial score (nSPS) is 26.5. The van der Waals surface area contributed by atoms with Crippen molar-refractivity contribution in [3.8, 4) is 0 Å². The zero-order chi connectivity index (χ0) is 23.0. The Morgan fingerprint density at radius 2 is 2.00 bits per heavy atom. The van der Waals surface area contributed by atoms with Crippen LogP contribution in [0.3, 0.4) is 0 Å². The standard InChI is InChI=1S/C21H36N4O6/c1-5-29-20(27)15-11-17(22)19(23-14(2)26)18(12-15)25-8-6-7-16(13-25)30-9-10-31-21(28)24(3)4/h12,16-19H,5-11,13,22H2,1-4H3,(H,23,26)/t16-,17-,18+,19-/m0/s1. The third-order valence-electron chi connectivity index (χ3n) is 5.42. The molecule has 0 bridgehead atoms. The molecule has 3 N–H and O–H groups in total. The molecule has 4 atom stereocenters. The van der Waals surface area contributed by atoms with Gasteiger partial charge in [-0.1, -0.05) is 6.08 Å². The summed E-state index contributed by atoms with van der Waals surface area (Å²) in [6, 6.07) is -0.939. The number of carbonyl (C=O) groups is 3. The van der Waals surface area contributed by atoms with Crippen LogP contribution in [0.15, 0.2) is 11.6 Å². The van der Waals surface area contributed by atoms with E-state index in [0.717, 1.165) is 19.4 Å². The number of carbonyl (C=O) groups excluding carboxylic acids is 3. The van der Waals surface area contributed by atoms with Gasteiger partial charge < -0.3 is 30.2 Å². The Kier molecular flexibility index (Phi) is 9.73. The Morgan fingerprint density at radius 3 is 2.65 bits per heavy atom. The fourth-order valence-electron chi connectivity index (χ4n) is 3.99. The SMILES string of the molecule is CCOC(=O)C1=C[C@@H](N2CCC[C@H](OCCOC(=O)N(C)C)C2)[C@@H](NC(C)=O)[C@@H](N)C1. The second-order valence-electron chi connectivity index (χ2n) is 8.14. The van der Waals surface area contributed by atoms with E-state index in [1.165, 1.54) is 11.8 Å². The van der Waals surface area contributed by atoms with Gasteiger partial charge in [0.25, 0.3) is 0 Å². The van der Waals surface area contributed by atoms with Crippen molar-refractivity contribution in [3.05, 3.63) is 11.6 Å². The number of hydrogen-bond donors (Lipinski definition) is 2. The van der Waals surface area contributed by atoms with Crippen molar-refractivity contribution in [2.75, 3.05) is 47.0 Å². The average molecular weight is 441 g/mol. The Bertz CT molecular complexity index is 668. The van der Waals surface area contributed by atoms with Gasteiger partial charge in [-0.2, -0.15) is 0 Å². The van der Waals surface area contributed by atoms with Crippen LogP contribution < -0.4 is 11.1 Å². The molecule has 10 heteroatoms. The van der Waals surface area contributed by atoms with Crippen LogP contribution in [-0.4, -0.2) is 99.0 Å². The van der Waals surface area contributed by atoms with E-state index < -0.39 is 12.1 Å². The van der Waals surface area contributed by atoms with Crippen molar-refractivity contribution < 1.29 is 28.6 Å². The number of nitrogens with one attached hydrogen (secondary N) is 1. The lowest BCUT2D eigenvalue weighted by Crippen LogP contribution is -2.62. The molecule has 0 aromatic rings. The minimum absolute atomic E-state index is 0.0395. The molecular weight excluding hydrogens is 404 g/mol. The quantitative estimate of drug-likeness (QED) is 0.407. The van der Waals surface area contributed by atoms with Crippen LogP contribution in [0.5, 0.6) is 0 Å². The van der Waals surface area contributed by atoms with Crippen molar-refractivity contribution in [1.82, 2.24) is 15.1 Å². The molecule has 31 heavy (non-hydrogen) atoms. The van der Waals surface area contributed by atoms with E-state index in [2.05, 4.69) is 10.2 Å². The highest BCUT2D eigenvalue weighted by Gasteiger charge is 2.39. The number of piperidine rings is 1. The Labute approximate surface area is 184 Å². The number of nitrogens with zero attached hydrogens (tertiary/aromatic N) is 2. The van der Waals surface area contributed by atoms with Gasteiger partial charge in [-0.3, -0.25) is 9.69 Å². The summed E-state index contributed by atoms with van der Waals surface area (Å²) < 4.78 is 16.2. The first kappa shape index (κ1) is 25.1. The third kappa shape index (κ3) is 7.48. The molecule has 0 saturated carbocycles. The molecule has 10 nitrogen and oxygen atoms in total. The first-order chi connectivity index (χ1) is 14.7. The number of nitrogens with two attached hydrogens (primary N) is 1. The summed E-state index contributed by atoms with van der Waals surface area (Å²) in [6.45, 7) is 5.44. The highest BCUT2D eigenvalue weighted by molar-refractivity contribution is 5.89. The molecule has 0 unspecified atom stereocenters. The van der Waals surface area contributed by atoms with E-state index in [4.69, 9.17) is 19.9 Å². The summed E-state index contributed by atoms with van der Waals surface area (Å²) in [5.74, 6) is -0.525. The second-order valence-corrected chi connectivity index (χ2v) is 8.14. The van der Waals surface area contributed by atoms with Crippen molar-refractivity contribution >= 4 is 18.0 Å². The van der Waals surface area contributed by atoms with Crippen LogP contribution in [0.25, 0.3) is 0 Å². The van der Waals surface area contributed by atoms with Crippen LogP contribution in [0.1, 0.15) is 33.1 Å². The predicted octanol–water partition coefficient (Wildman–Crippen LogP) is 0.259. The van der Waals surface area contributed by atoms with E-state index in [0.29, 0.717) is 31.8 Å². The van der Waals surface area contributed by atoms with Gasteiger partial charge >= 0.3 is 12.1 Å². The molecule has 0 radical (unpaired) electrons. The third-order valence-corrected chi connectivity index (χ3v) is 5.42. The van der Waals surface area contributed by atoms with Gasteiger partial charge in [0.15, 0.2) is 0 Å². The zero-order valence-corrected chi connectivity index (χ0v) is 19.0. The van der Waals surface area contributed by atoms with E-state index >= 15 is 0 Å². The van der Waals surface area contributed by atoms with Crippen molar-refractivity contribution in [3.63, 3.8) is 0 Å². The lowest BCUT2D eigenvalue weighted by Gasteiger charge is -2.44. The molecule has 2 amide bonds. The van der Waals surface area contributed by atoms with Gasteiger partial charge in [-0.05, 0) is 32.7 Å². The first-order valence-corrected chi connectivity index (χ1v) is 10.8. The minimum Gasteiger partial charge on any atom is -0.463 e. The highest BCUT2D eigenvalue weighted by Crippen LogP contribution is 2.26. The molecule has 1 fully saturated rings. The average Bonchev–Trinajstić information content (AvgIpc) is 2.72. The number of likely N-dealkylation sites (tertiary alicyclic amines) is 1. The fourth-order valence-corrected chi connectivity index (χ4v) is 3.99. The van der Waals surface area contributed by atoms with Crippen molar-refractivity contribution in [2.24, 2.45) is 5.73 Å². The molecule has 1 heterocycles. The van der Waals surface area contributed by atoms with Gasteiger partial charge in [0.1, 0.15) is 6.61 Å². The van der Waals surface area contributed by atoms with E-state index in [9.17, 15) is 14.4 Å². The number of hydrogen-bond acceptors (Lipinski definition) is 8. The molecule has 2 aliphatic rings. The first-order valence-electron chi connectivity index (χ1n) is 10.8. The number of ether oxygens (including phenoxy) is 3. The van der Waals surface area contributed by atoms with Crippen LogP contribution in [0.2, 0.25) is 0 Å². The maximum absolute atomic E-state index is 12.3. The highest BCUT2D eigenvalue weighted by atomic mass is 16.6. The smallest absolute Gasteiger partial charge is 0.409 e. The summed E-state index contributed by atoms with van der Waals surface area (Å²) in [4.78, 5) is 39.1. The van der Waals surface area contributed by atoms with Gasteiger partial charge in [0, 0.05) is 39.2 Å². The van der Waals surface area contributed by atoms with Crippen LogP contribution in [0.4, 0.5) is 4.79 Å². The van der Waals surface area contributed by atoms with Crippen LogP contribution >= 0.6 is 0 Å². The van der Waals surface area contributed by atoms with Crippen molar-refractivity contribution in [2.45, 2.75) is 57.3 Å². The fraction of sp³-hybridized carbons (Fsp3) is 0.762. The molecule has 0 aromatic heterocycles. The summed E-state index contributed by atoms with van der Waals surface area (Å²) in [7, 11) is 3.25. The Morgan fingerprint density at radius 1 is 1.26 bits per heavy atom. The largest absolute Gasteiger partial charge is 0.463 e. The Hall–Kier alpha value is -2.17. The molecule has 1 aliphatic heterocycles. The van der Waals surface area contributed by atoms with Gasteiger partial charge in [0.2, 0.25) is 5.91 Å². The number of rotatable bonds is 8. The summed E-state index contributed by atoms with van der Waals surface area (Å²) in [5.41, 5.74) is 6.90. The lowest BCUT2D eigenvalue weighted by atomic mass is 9.85. The molecule has 0 spiro atoms. The maximum atomic E-state index is 12.3. The molecule has 2 rings (SSSR count). The summed E-state index contributed by atoms with van der Waals surface area (Å²) in [6.07, 6.45) is 3.58. The number of amides is 2. The molecule has 0 aromatic carbocycles. The Balaban J connectivity index is 2.04. The predicted molar refractivity (Wildman–Crippen MR) is 114 cm³/mol. The lowest BCUT2D eigenvalue weighted by molar-refractivity contribution is -0.138.